The largest absolute Gasteiger partial charge is 0.388 e. The molecule has 2 aliphatic heterocycles. The molecular weight excluding hydrogens is 346 g/mol. The Bertz CT molecular complexity index is 805. The average Bonchev–Trinajstić information content (AvgIpc) is 2.54. The van der Waals surface area contributed by atoms with E-state index in [9.17, 15) is 8.78 Å². The Kier molecular flexibility index (Phi) is 4.76. The number of aryl methyl sites for hydroxylation is 2. The number of nitrogens with one attached hydrogen (secondary N) is 1. The number of aromatic nitrogens is 1. The van der Waals surface area contributed by atoms with Crippen molar-refractivity contribution in [2.24, 2.45) is 5.41 Å². The highest BCUT2D eigenvalue weighted by atomic mass is 19.1. The summed E-state index contributed by atoms with van der Waals surface area (Å²) in [5.74, 6) is -0.903. The summed E-state index contributed by atoms with van der Waals surface area (Å²) < 4.78 is 26.6. The molecule has 0 radical (unpaired) electrons. The van der Waals surface area contributed by atoms with Crippen LogP contribution in [0.2, 0.25) is 0 Å². The lowest BCUT2D eigenvalue weighted by molar-refractivity contribution is -0.0223. The van der Waals surface area contributed by atoms with Crippen molar-refractivity contribution in [1.29, 1.82) is 0 Å². The van der Waals surface area contributed by atoms with Gasteiger partial charge in [-0.3, -0.25) is 0 Å². The van der Waals surface area contributed by atoms with Crippen LogP contribution in [0.3, 0.4) is 0 Å². The Morgan fingerprint density at radius 2 is 1.89 bits per heavy atom. The van der Waals surface area contributed by atoms with E-state index < -0.39 is 11.8 Å². The number of likely N-dealkylation sites (tertiary alicyclic amines) is 1. The fourth-order valence-corrected chi connectivity index (χ4v) is 4.47. The molecule has 1 spiro atoms. The van der Waals surface area contributed by atoms with E-state index in [1.807, 2.05) is 11.9 Å². The first-order valence-electron chi connectivity index (χ1n) is 9.54. The molecule has 3 heterocycles. The molecule has 0 aliphatic carbocycles. The highest BCUT2D eigenvalue weighted by Gasteiger charge is 2.51. The molecule has 4 nitrogen and oxygen atoms in total. The monoisotopic (exact) mass is 372 g/mol. The lowest BCUT2D eigenvalue weighted by atomic mass is 9.72. The molecule has 1 aromatic carbocycles. The smallest absolute Gasteiger partial charge is 0.217 e. The number of nitrogens with zero attached hydrogens (tertiary/aromatic N) is 3. The summed E-state index contributed by atoms with van der Waals surface area (Å²) in [5.41, 5.74) is 4.17. The van der Waals surface area contributed by atoms with Gasteiger partial charge < -0.3 is 15.1 Å². The minimum atomic E-state index is -0.752. The molecule has 0 unspecified atom stereocenters. The van der Waals surface area contributed by atoms with E-state index in [1.54, 1.807) is 0 Å². The normalized spacial score (nSPS) is 18.3. The van der Waals surface area contributed by atoms with Gasteiger partial charge in [0.2, 0.25) is 5.95 Å². The maximum atomic E-state index is 13.3. The van der Waals surface area contributed by atoms with E-state index in [0.717, 1.165) is 51.6 Å². The predicted octanol–water partition coefficient (Wildman–Crippen LogP) is 3.46. The first kappa shape index (κ1) is 18.2. The summed E-state index contributed by atoms with van der Waals surface area (Å²) in [6.07, 6.45) is 2.20. The quantitative estimate of drug-likeness (QED) is 0.787. The van der Waals surface area contributed by atoms with Crippen molar-refractivity contribution >= 4 is 11.5 Å². The van der Waals surface area contributed by atoms with E-state index in [4.69, 9.17) is 0 Å². The summed E-state index contributed by atoms with van der Waals surface area (Å²) in [6.45, 7) is 7.01. The van der Waals surface area contributed by atoms with E-state index in [2.05, 4.69) is 40.3 Å². The van der Waals surface area contributed by atoms with Crippen LogP contribution in [0.4, 0.5) is 20.3 Å². The molecule has 0 saturated carbocycles. The van der Waals surface area contributed by atoms with Crippen LogP contribution in [0.1, 0.15) is 17.5 Å². The van der Waals surface area contributed by atoms with Gasteiger partial charge in [-0.25, -0.2) is 9.37 Å². The van der Waals surface area contributed by atoms with Crippen molar-refractivity contribution in [3.63, 3.8) is 0 Å². The minimum absolute atomic E-state index is 0.282. The maximum absolute atomic E-state index is 13.3. The van der Waals surface area contributed by atoms with Crippen LogP contribution in [0.5, 0.6) is 0 Å². The Morgan fingerprint density at radius 3 is 2.59 bits per heavy atom. The number of anilines is 2. The van der Waals surface area contributed by atoms with E-state index >= 15 is 0 Å². The number of hydrogen-bond acceptors (Lipinski definition) is 4. The third-order valence-electron chi connectivity index (χ3n) is 5.69. The molecule has 1 aromatic heterocycles. The molecule has 4 rings (SSSR count). The van der Waals surface area contributed by atoms with E-state index in [1.165, 1.54) is 22.9 Å². The first-order chi connectivity index (χ1) is 13.0. The third-order valence-corrected chi connectivity index (χ3v) is 5.69. The molecule has 144 valence electrons. The second kappa shape index (κ2) is 7.08. The van der Waals surface area contributed by atoms with Gasteiger partial charge in [0.25, 0.3) is 0 Å². The third kappa shape index (κ3) is 3.76. The van der Waals surface area contributed by atoms with Gasteiger partial charge >= 0.3 is 0 Å². The van der Waals surface area contributed by atoms with Crippen LogP contribution in [0.15, 0.2) is 30.3 Å². The molecule has 2 aliphatic rings. The number of pyridine rings is 1. The SMILES string of the molecule is CNc1ccc(C)cc1CCCN1CC2(C1)CN(c1cc(F)cc(F)n1)C2. The standard InChI is InChI=1S/C21H26F2N4/c1-15-5-6-18(24-2)16(8-15)4-3-7-26-11-21(12-26)13-27(14-21)20-10-17(22)9-19(23)25-20/h5-6,8-10,24H,3-4,7,11-14H2,1-2H3. The van der Waals surface area contributed by atoms with Gasteiger partial charge in [-0.15, -0.1) is 0 Å². The van der Waals surface area contributed by atoms with E-state index in [-0.39, 0.29) is 5.41 Å². The molecule has 2 saturated heterocycles. The van der Waals surface area contributed by atoms with Gasteiger partial charge in [0, 0.05) is 56.5 Å². The second-order valence-corrected chi connectivity index (χ2v) is 8.05. The van der Waals surface area contributed by atoms with Crippen LogP contribution >= 0.6 is 0 Å². The molecular formula is C21H26F2N4. The molecule has 0 bridgehead atoms. The van der Waals surface area contributed by atoms with Crippen LogP contribution < -0.4 is 10.2 Å². The molecule has 0 atom stereocenters. The van der Waals surface area contributed by atoms with Gasteiger partial charge in [0.15, 0.2) is 0 Å². The Labute approximate surface area is 159 Å². The fourth-order valence-electron chi connectivity index (χ4n) is 4.47. The number of halogens is 2. The number of rotatable bonds is 6. The highest BCUT2D eigenvalue weighted by Crippen LogP contribution is 2.41. The lowest BCUT2D eigenvalue weighted by Crippen LogP contribution is -2.72. The van der Waals surface area contributed by atoms with Gasteiger partial charge in [0.1, 0.15) is 11.6 Å². The average molecular weight is 372 g/mol. The van der Waals surface area contributed by atoms with Gasteiger partial charge in [-0.05, 0) is 37.9 Å². The lowest BCUT2D eigenvalue weighted by Gasteiger charge is -2.60. The second-order valence-electron chi connectivity index (χ2n) is 8.05. The zero-order valence-corrected chi connectivity index (χ0v) is 15.9. The van der Waals surface area contributed by atoms with Crippen molar-refractivity contribution in [3.05, 3.63) is 53.2 Å². The topological polar surface area (TPSA) is 31.4 Å². The van der Waals surface area contributed by atoms with Crippen molar-refractivity contribution in [1.82, 2.24) is 9.88 Å². The van der Waals surface area contributed by atoms with Crippen LogP contribution in [0.25, 0.3) is 0 Å². The van der Waals surface area contributed by atoms with Crippen LogP contribution in [-0.4, -0.2) is 49.7 Å². The molecule has 6 heteroatoms. The maximum Gasteiger partial charge on any atom is 0.217 e. The Balaban J connectivity index is 1.23. The van der Waals surface area contributed by atoms with Crippen LogP contribution in [-0.2, 0) is 6.42 Å². The van der Waals surface area contributed by atoms with Crippen LogP contribution in [0, 0.1) is 24.1 Å². The van der Waals surface area contributed by atoms with Crippen molar-refractivity contribution in [2.45, 2.75) is 19.8 Å². The predicted molar refractivity (Wildman–Crippen MR) is 104 cm³/mol. The molecule has 27 heavy (non-hydrogen) atoms. The molecule has 2 aromatic rings. The highest BCUT2D eigenvalue weighted by molar-refractivity contribution is 5.52. The first-order valence-corrected chi connectivity index (χ1v) is 9.54. The number of benzene rings is 1. The van der Waals surface area contributed by atoms with Crippen molar-refractivity contribution in [2.75, 3.05) is 50.0 Å². The molecule has 2 fully saturated rings. The zero-order chi connectivity index (χ0) is 19.0. The van der Waals surface area contributed by atoms with Crippen molar-refractivity contribution in [3.8, 4) is 0 Å². The number of hydrogen-bond donors (Lipinski definition) is 1. The van der Waals surface area contributed by atoms with Gasteiger partial charge in [0.05, 0.1) is 0 Å². The van der Waals surface area contributed by atoms with Gasteiger partial charge in [-0.2, -0.15) is 4.39 Å². The summed E-state index contributed by atoms with van der Waals surface area (Å²) >= 11 is 0. The Morgan fingerprint density at radius 1 is 1.11 bits per heavy atom. The summed E-state index contributed by atoms with van der Waals surface area (Å²) in [7, 11) is 1.97. The summed E-state index contributed by atoms with van der Waals surface area (Å²) in [6, 6.07) is 8.68. The minimum Gasteiger partial charge on any atom is -0.388 e. The fraction of sp³-hybridized carbons (Fsp3) is 0.476. The zero-order valence-electron chi connectivity index (χ0n) is 15.9. The van der Waals surface area contributed by atoms with E-state index in [0.29, 0.717) is 5.82 Å². The van der Waals surface area contributed by atoms with Crippen molar-refractivity contribution < 1.29 is 8.78 Å². The Hall–Kier alpha value is -2.21. The molecule has 1 N–H and O–H groups in total. The molecule has 0 amide bonds. The summed E-state index contributed by atoms with van der Waals surface area (Å²) in [5, 5.41) is 3.27. The summed E-state index contributed by atoms with van der Waals surface area (Å²) in [4.78, 5) is 8.25. The van der Waals surface area contributed by atoms with Gasteiger partial charge in [-0.1, -0.05) is 17.7 Å².